The van der Waals surface area contributed by atoms with Gasteiger partial charge in [0.2, 0.25) is 0 Å². The molecule has 1 aromatic heterocycles. The fourth-order valence-corrected chi connectivity index (χ4v) is 2.78. The lowest BCUT2D eigenvalue weighted by Crippen LogP contribution is -2.46. The van der Waals surface area contributed by atoms with E-state index in [2.05, 4.69) is 21.7 Å². The van der Waals surface area contributed by atoms with Crippen LogP contribution in [0, 0.1) is 0 Å². The van der Waals surface area contributed by atoms with E-state index in [4.69, 9.17) is 34.7 Å². The van der Waals surface area contributed by atoms with Gasteiger partial charge in [-0.05, 0) is 30.3 Å². The van der Waals surface area contributed by atoms with Crippen LogP contribution in [0.5, 0.6) is 0 Å². The molecule has 0 fully saturated rings. The van der Waals surface area contributed by atoms with Crippen molar-refractivity contribution in [1.82, 2.24) is 10.3 Å². The molecule has 5 nitrogen and oxygen atoms in total. The number of halogens is 2. The summed E-state index contributed by atoms with van der Waals surface area (Å²) in [6, 6.07) is 9.86. The first-order valence-corrected chi connectivity index (χ1v) is 7.69. The molecular formula is C15H17Cl2N5. The fraction of sp³-hybridized carbons (Fsp3) is 0.200. The molecule has 22 heavy (non-hydrogen) atoms. The molecule has 0 unspecified atom stereocenters. The fourth-order valence-electron chi connectivity index (χ4n) is 2.45. The molecule has 0 saturated carbocycles. The van der Waals surface area contributed by atoms with E-state index in [-0.39, 0.29) is 0 Å². The van der Waals surface area contributed by atoms with Crippen molar-refractivity contribution >= 4 is 50.7 Å². The molecule has 3 rings (SSSR count). The zero-order valence-corrected chi connectivity index (χ0v) is 13.3. The van der Waals surface area contributed by atoms with Crippen molar-refractivity contribution in [2.24, 2.45) is 11.5 Å². The maximum Gasteiger partial charge on any atom is 0.106 e. The highest BCUT2D eigenvalue weighted by atomic mass is 35.5. The Hall–Kier alpha value is -1.50. The molecule has 0 aliphatic heterocycles. The van der Waals surface area contributed by atoms with Crippen molar-refractivity contribution < 1.29 is 0 Å². The SMILES string of the molecule is NC(N)NCCNc1ccc2[nH]c3cc(Cl)c(Cl)cc3c2c1. The lowest BCUT2D eigenvalue weighted by Gasteiger charge is -2.10. The zero-order chi connectivity index (χ0) is 15.7. The van der Waals surface area contributed by atoms with Crippen LogP contribution in [-0.2, 0) is 0 Å². The highest BCUT2D eigenvalue weighted by Gasteiger charge is 2.08. The van der Waals surface area contributed by atoms with E-state index >= 15 is 0 Å². The van der Waals surface area contributed by atoms with E-state index in [0.717, 1.165) is 34.0 Å². The summed E-state index contributed by atoms with van der Waals surface area (Å²) in [6.07, 6.45) is -0.496. The predicted octanol–water partition coefficient (Wildman–Crippen LogP) is 2.83. The number of H-pyrrole nitrogens is 1. The van der Waals surface area contributed by atoms with E-state index in [1.165, 1.54) is 0 Å². The third kappa shape index (κ3) is 3.14. The average Bonchev–Trinajstić information content (AvgIpc) is 2.81. The highest BCUT2D eigenvalue weighted by Crippen LogP contribution is 2.33. The van der Waals surface area contributed by atoms with E-state index in [9.17, 15) is 0 Å². The first-order valence-electron chi connectivity index (χ1n) is 6.93. The van der Waals surface area contributed by atoms with Crippen molar-refractivity contribution in [2.45, 2.75) is 6.29 Å². The lowest BCUT2D eigenvalue weighted by molar-refractivity contribution is 0.557. The van der Waals surface area contributed by atoms with Gasteiger partial charge in [-0.3, -0.25) is 5.32 Å². The van der Waals surface area contributed by atoms with Gasteiger partial charge < -0.3 is 21.8 Å². The van der Waals surface area contributed by atoms with Crippen LogP contribution in [0.15, 0.2) is 30.3 Å². The van der Waals surface area contributed by atoms with Crippen LogP contribution in [-0.4, -0.2) is 24.4 Å². The van der Waals surface area contributed by atoms with Crippen LogP contribution in [0.2, 0.25) is 10.0 Å². The van der Waals surface area contributed by atoms with Crippen molar-refractivity contribution in [3.05, 3.63) is 40.4 Å². The van der Waals surface area contributed by atoms with Gasteiger partial charge in [0.25, 0.3) is 0 Å². The molecule has 0 atom stereocenters. The molecule has 0 radical (unpaired) electrons. The third-order valence-electron chi connectivity index (χ3n) is 3.47. The first-order chi connectivity index (χ1) is 10.5. The van der Waals surface area contributed by atoms with Gasteiger partial charge in [0.15, 0.2) is 0 Å². The summed E-state index contributed by atoms with van der Waals surface area (Å²) in [7, 11) is 0. The van der Waals surface area contributed by atoms with Crippen molar-refractivity contribution in [1.29, 1.82) is 0 Å². The van der Waals surface area contributed by atoms with E-state index < -0.39 is 6.29 Å². The standard InChI is InChI=1S/C15H17Cl2N5/c16-11-6-10-9-5-8(20-3-4-21-15(18)19)1-2-13(9)22-14(10)7-12(11)17/h1-2,5-7,15,20-22H,3-4,18-19H2. The van der Waals surface area contributed by atoms with Crippen LogP contribution in [0.1, 0.15) is 0 Å². The van der Waals surface area contributed by atoms with Crippen LogP contribution in [0.25, 0.3) is 21.8 Å². The number of nitrogens with one attached hydrogen (secondary N) is 3. The lowest BCUT2D eigenvalue weighted by atomic mass is 10.1. The van der Waals surface area contributed by atoms with Crippen LogP contribution in [0.3, 0.4) is 0 Å². The minimum atomic E-state index is -0.496. The largest absolute Gasteiger partial charge is 0.384 e. The molecule has 7 N–H and O–H groups in total. The molecular weight excluding hydrogens is 321 g/mol. The molecule has 0 bridgehead atoms. The topological polar surface area (TPSA) is 91.9 Å². The Balaban J connectivity index is 1.88. The van der Waals surface area contributed by atoms with Gasteiger partial charge in [0, 0.05) is 40.6 Å². The molecule has 3 aromatic rings. The van der Waals surface area contributed by atoms with E-state index in [1.807, 2.05) is 24.3 Å². The number of aromatic nitrogens is 1. The number of rotatable bonds is 5. The minimum Gasteiger partial charge on any atom is -0.384 e. The summed E-state index contributed by atoms with van der Waals surface area (Å²) >= 11 is 12.2. The van der Waals surface area contributed by atoms with Gasteiger partial charge in [-0.25, -0.2) is 0 Å². The normalized spacial score (nSPS) is 11.7. The number of aromatic amines is 1. The van der Waals surface area contributed by atoms with E-state index in [1.54, 1.807) is 0 Å². The van der Waals surface area contributed by atoms with Gasteiger partial charge in [0.1, 0.15) is 6.29 Å². The monoisotopic (exact) mass is 337 g/mol. The molecule has 0 saturated heterocycles. The second kappa shape index (κ2) is 6.32. The van der Waals surface area contributed by atoms with Gasteiger partial charge in [0.05, 0.1) is 10.0 Å². The summed E-state index contributed by atoms with van der Waals surface area (Å²) in [4.78, 5) is 3.34. The van der Waals surface area contributed by atoms with E-state index in [0.29, 0.717) is 16.6 Å². The summed E-state index contributed by atoms with van der Waals surface area (Å²) in [5.74, 6) is 0. The number of benzene rings is 2. The van der Waals surface area contributed by atoms with Crippen molar-refractivity contribution in [3.8, 4) is 0 Å². The quantitative estimate of drug-likeness (QED) is 0.365. The van der Waals surface area contributed by atoms with Crippen LogP contribution >= 0.6 is 23.2 Å². The summed E-state index contributed by atoms with van der Waals surface area (Å²) in [5.41, 5.74) is 13.9. The van der Waals surface area contributed by atoms with Gasteiger partial charge >= 0.3 is 0 Å². The minimum absolute atomic E-state index is 0.496. The average molecular weight is 338 g/mol. The third-order valence-corrected chi connectivity index (χ3v) is 4.20. The number of nitrogens with two attached hydrogens (primary N) is 2. The van der Waals surface area contributed by atoms with Crippen LogP contribution < -0.4 is 22.1 Å². The Bertz CT molecular complexity index is 812. The van der Waals surface area contributed by atoms with Gasteiger partial charge in [-0.1, -0.05) is 23.2 Å². The van der Waals surface area contributed by atoms with Gasteiger partial charge in [-0.15, -0.1) is 0 Å². The van der Waals surface area contributed by atoms with Crippen molar-refractivity contribution in [2.75, 3.05) is 18.4 Å². The highest BCUT2D eigenvalue weighted by molar-refractivity contribution is 6.43. The Morgan fingerprint density at radius 1 is 0.955 bits per heavy atom. The predicted molar refractivity (Wildman–Crippen MR) is 94.5 cm³/mol. The number of hydrogen-bond acceptors (Lipinski definition) is 4. The molecule has 0 aliphatic carbocycles. The molecule has 2 aromatic carbocycles. The Morgan fingerprint density at radius 3 is 2.45 bits per heavy atom. The Morgan fingerprint density at radius 2 is 1.68 bits per heavy atom. The summed E-state index contributed by atoms with van der Waals surface area (Å²) in [6.45, 7) is 1.41. The Labute approximate surface area is 137 Å². The number of fused-ring (bicyclic) bond motifs is 3. The maximum atomic E-state index is 6.12. The molecule has 7 heteroatoms. The molecule has 0 aliphatic rings. The first kappa shape index (κ1) is 15.4. The maximum absolute atomic E-state index is 6.12. The van der Waals surface area contributed by atoms with Crippen LogP contribution in [0.4, 0.5) is 5.69 Å². The second-order valence-corrected chi connectivity index (χ2v) is 5.92. The van der Waals surface area contributed by atoms with Crippen molar-refractivity contribution in [3.63, 3.8) is 0 Å². The second-order valence-electron chi connectivity index (χ2n) is 5.10. The number of hydrogen-bond donors (Lipinski definition) is 5. The molecule has 1 heterocycles. The smallest absolute Gasteiger partial charge is 0.106 e. The summed E-state index contributed by atoms with van der Waals surface area (Å²) in [5, 5.41) is 9.52. The van der Waals surface area contributed by atoms with Gasteiger partial charge in [-0.2, -0.15) is 0 Å². The zero-order valence-electron chi connectivity index (χ0n) is 11.8. The molecule has 0 spiro atoms. The number of anilines is 1. The molecule has 0 amide bonds. The molecule has 116 valence electrons. The summed E-state index contributed by atoms with van der Waals surface area (Å²) < 4.78 is 0. The Kier molecular flexibility index (Phi) is 4.42.